The summed E-state index contributed by atoms with van der Waals surface area (Å²) in [5, 5.41) is 7.52. The van der Waals surface area contributed by atoms with Gasteiger partial charge in [-0.25, -0.2) is 0 Å². The summed E-state index contributed by atoms with van der Waals surface area (Å²) >= 11 is 12.2. The van der Waals surface area contributed by atoms with E-state index in [1.165, 1.54) is 0 Å². The summed E-state index contributed by atoms with van der Waals surface area (Å²) in [5.74, 6) is -0.0222. The van der Waals surface area contributed by atoms with Crippen molar-refractivity contribution >= 4 is 29.1 Å². The van der Waals surface area contributed by atoms with Gasteiger partial charge in [0, 0.05) is 21.6 Å². The van der Waals surface area contributed by atoms with E-state index in [9.17, 15) is 4.79 Å². The molecule has 0 fully saturated rings. The minimum absolute atomic E-state index is 0.00971. The molecule has 0 aliphatic rings. The molecule has 0 aliphatic heterocycles. The van der Waals surface area contributed by atoms with Crippen molar-refractivity contribution in [2.45, 2.75) is 58.7 Å². The van der Waals surface area contributed by atoms with Crippen molar-refractivity contribution in [3.63, 3.8) is 0 Å². The quantitative estimate of drug-likeness (QED) is 0.843. The summed E-state index contributed by atoms with van der Waals surface area (Å²) in [5.41, 5.74) is 0.714. The Labute approximate surface area is 137 Å². The first kappa shape index (κ1) is 18.3. The number of carbonyl (C=O) groups is 1. The fourth-order valence-electron chi connectivity index (χ4n) is 2.07. The third-order valence-corrected chi connectivity index (χ3v) is 3.65. The third-order valence-electron chi connectivity index (χ3n) is 3.09. The highest BCUT2D eigenvalue weighted by Gasteiger charge is 2.22. The first-order valence-electron chi connectivity index (χ1n) is 7.17. The number of halogens is 2. The number of hydrogen-bond acceptors (Lipinski definition) is 2. The largest absolute Gasteiger partial charge is 0.350 e. The zero-order valence-corrected chi connectivity index (χ0v) is 14.8. The number of carbonyl (C=O) groups excluding carboxylic acids is 1. The summed E-state index contributed by atoms with van der Waals surface area (Å²) in [6.45, 7) is 9.80. The summed E-state index contributed by atoms with van der Waals surface area (Å²) in [6, 6.07) is 5.15. The first-order chi connectivity index (χ1) is 9.64. The van der Waals surface area contributed by atoms with Crippen molar-refractivity contribution in [3.05, 3.63) is 33.8 Å². The molecule has 2 unspecified atom stereocenters. The smallest absolute Gasteiger partial charge is 0.237 e. The van der Waals surface area contributed by atoms with Crippen molar-refractivity contribution < 1.29 is 4.79 Å². The van der Waals surface area contributed by atoms with E-state index < -0.39 is 0 Å². The maximum atomic E-state index is 12.2. The molecule has 0 saturated carbocycles. The van der Waals surface area contributed by atoms with Crippen LogP contribution in [0.4, 0.5) is 0 Å². The predicted molar refractivity (Wildman–Crippen MR) is 90.0 cm³/mol. The van der Waals surface area contributed by atoms with Crippen molar-refractivity contribution in [1.29, 1.82) is 0 Å². The number of nitrogens with one attached hydrogen (secondary N) is 2. The highest BCUT2D eigenvalue weighted by atomic mass is 35.5. The molecular weight excluding hydrogens is 307 g/mol. The van der Waals surface area contributed by atoms with E-state index in [0.717, 1.165) is 12.0 Å². The fraction of sp³-hybridized carbons (Fsp3) is 0.562. The Bertz CT molecular complexity index is 498. The molecule has 3 nitrogen and oxygen atoms in total. The number of amides is 1. The lowest BCUT2D eigenvalue weighted by Crippen LogP contribution is -2.50. The number of benzene rings is 1. The van der Waals surface area contributed by atoms with Gasteiger partial charge in [0.2, 0.25) is 5.91 Å². The molecule has 1 aromatic rings. The van der Waals surface area contributed by atoms with Crippen LogP contribution in [0.3, 0.4) is 0 Å². The van der Waals surface area contributed by atoms with Gasteiger partial charge in [-0.2, -0.15) is 0 Å². The Morgan fingerprint density at radius 1 is 1.29 bits per heavy atom. The average molecular weight is 331 g/mol. The van der Waals surface area contributed by atoms with Crippen LogP contribution in [-0.4, -0.2) is 17.5 Å². The highest BCUT2D eigenvalue weighted by molar-refractivity contribution is 6.35. The lowest BCUT2D eigenvalue weighted by atomic mass is 10.0. The maximum Gasteiger partial charge on any atom is 0.237 e. The van der Waals surface area contributed by atoms with Crippen LogP contribution in [0.5, 0.6) is 0 Å². The predicted octanol–water partition coefficient (Wildman–Crippen LogP) is 4.34. The average Bonchev–Trinajstić information content (AvgIpc) is 2.34. The van der Waals surface area contributed by atoms with Crippen molar-refractivity contribution in [3.8, 4) is 0 Å². The van der Waals surface area contributed by atoms with E-state index in [-0.39, 0.29) is 23.5 Å². The fourth-order valence-corrected chi connectivity index (χ4v) is 2.61. The Balaban J connectivity index is 2.80. The maximum absolute atomic E-state index is 12.2. The molecule has 1 aromatic carbocycles. The molecule has 2 atom stereocenters. The molecule has 5 heteroatoms. The van der Waals surface area contributed by atoms with Crippen LogP contribution >= 0.6 is 23.2 Å². The van der Waals surface area contributed by atoms with Gasteiger partial charge >= 0.3 is 0 Å². The molecule has 1 amide bonds. The van der Waals surface area contributed by atoms with Crippen molar-refractivity contribution in [2.24, 2.45) is 0 Å². The second kappa shape index (κ2) is 7.48. The minimum atomic E-state index is -0.305. The molecule has 0 radical (unpaired) electrons. The van der Waals surface area contributed by atoms with Crippen LogP contribution in [0.2, 0.25) is 10.0 Å². The van der Waals surface area contributed by atoms with E-state index in [4.69, 9.17) is 23.2 Å². The van der Waals surface area contributed by atoms with Crippen molar-refractivity contribution in [2.75, 3.05) is 0 Å². The molecule has 0 aliphatic carbocycles. The second-order valence-corrected chi connectivity index (χ2v) is 7.10. The lowest BCUT2D eigenvalue weighted by molar-refractivity contribution is -0.124. The molecule has 1 rings (SSSR count). The van der Waals surface area contributed by atoms with E-state index in [0.29, 0.717) is 10.0 Å². The van der Waals surface area contributed by atoms with E-state index in [1.54, 1.807) is 6.07 Å². The zero-order valence-electron chi connectivity index (χ0n) is 13.3. The van der Waals surface area contributed by atoms with Gasteiger partial charge in [-0.15, -0.1) is 0 Å². The van der Waals surface area contributed by atoms with Crippen molar-refractivity contribution in [1.82, 2.24) is 10.6 Å². The van der Waals surface area contributed by atoms with E-state index >= 15 is 0 Å². The minimum Gasteiger partial charge on any atom is -0.350 e. The summed E-state index contributed by atoms with van der Waals surface area (Å²) < 4.78 is 0. The SMILES string of the molecule is CCC(NC(C)C(=O)NC(C)(C)C)c1ccc(Cl)cc1Cl. The molecule has 0 bridgehead atoms. The molecule has 118 valence electrons. The molecule has 0 spiro atoms. The first-order valence-corrected chi connectivity index (χ1v) is 7.92. The van der Waals surface area contributed by atoms with Gasteiger partial charge in [0.05, 0.1) is 6.04 Å². The Morgan fingerprint density at radius 2 is 1.90 bits per heavy atom. The summed E-state index contributed by atoms with van der Waals surface area (Å²) in [7, 11) is 0. The Morgan fingerprint density at radius 3 is 2.38 bits per heavy atom. The lowest BCUT2D eigenvalue weighted by Gasteiger charge is -2.27. The molecular formula is C16H24Cl2N2O. The van der Waals surface area contributed by atoms with Crippen LogP contribution in [0, 0.1) is 0 Å². The number of rotatable bonds is 5. The van der Waals surface area contributed by atoms with Crippen LogP contribution < -0.4 is 10.6 Å². The van der Waals surface area contributed by atoms with Gasteiger partial charge in [0.25, 0.3) is 0 Å². The molecule has 0 heterocycles. The van der Waals surface area contributed by atoms with Gasteiger partial charge in [-0.05, 0) is 51.8 Å². The highest BCUT2D eigenvalue weighted by Crippen LogP contribution is 2.28. The molecule has 2 N–H and O–H groups in total. The molecule has 0 aromatic heterocycles. The van der Waals surface area contributed by atoms with Gasteiger partial charge in [-0.3, -0.25) is 10.1 Å². The Kier molecular flexibility index (Phi) is 6.51. The standard InChI is InChI=1S/C16H24Cl2N2O/c1-6-14(12-8-7-11(17)9-13(12)18)19-10(2)15(21)20-16(3,4)5/h7-10,14,19H,6H2,1-5H3,(H,20,21). The van der Waals surface area contributed by atoms with Crippen LogP contribution in [0.15, 0.2) is 18.2 Å². The zero-order chi connectivity index (χ0) is 16.2. The van der Waals surface area contributed by atoms with Crippen LogP contribution in [0.1, 0.15) is 52.6 Å². The van der Waals surface area contributed by atoms with Gasteiger partial charge < -0.3 is 5.32 Å². The van der Waals surface area contributed by atoms with Gasteiger partial charge in [0.15, 0.2) is 0 Å². The Hall–Kier alpha value is -0.770. The monoisotopic (exact) mass is 330 g/mol. The van der Waals surface area contributed by atoms with Crippen LogP contribution in [0.25, 0.3) is 0 Å². The van der Waals surface area contributed by atoms with E-state index in [2.05, 4.69) is 17.6 Å². The van der Waals surface area contributed by atoms with E-state index in [1.807, 2.05) is 39.8 Å². The van der Waals surface area contributed by atoms with Gasteiger partial charge in [-0.1, -0.05) is 36.2 Å². The topological polar surface area (TPSA) is 41.1 Å². The normalized spacial score (nSPS) is 14.6. The number of hydrogen-bond donors (Lipinski definition) is 2. The summed E-state index contributed by atoms with van der Waals surface area (Å²) in [6.07, 6.45) is 0.828. The molecule has 21 heavy (non-hydrogen) atoms. The van der Waals surface area contributed by atoms with Gasteiger partial charge in [0.1, 0.15) is 0 Å². The van der Waals surface area contributed by atoms with Crippen LogP contribution in [-0.2, 0) is 4.79 Å². The summed E-state index contributed by atoms with van der Waals surface area (Å²) in [4.78, 5) is 12.2. The molecule has 0 saturated heterocycles. The second-order valence-electron chi connectivity index (χ2n) is 6.25. The third kappa shape index (κ3) is 5.85.